The maximum Gasteiger partial charge on any atom is 0.300 e. The second-order valence-electron chi connectivity index (χ2n) is 8.62. The highest BCUT2D eigenvalue weighted by atomic mass is 32.1. The fourth-order valence-electron chi connectivity index (χ4n) is 4.85. The molecule has 1 aromatic carbocycles. The molecule has 7 rings (SSSR count). The van der Waals surface area contributed by atoms with Gasteiger partial charge in [0.05, 0.1) is 0 Å². The van der Waals surface area contributed by atoms with Gasteiger partial charge in [-0.15, -0.1) is 45.3 Å². The minimum atomic E-state index is -3.22. The van der Waals surface area contributed by atoms with Crippen LogP contribution in [-0.2, 0) is 11.8 Å². The lowest BCUT2D eigenvalue weighted by molar-refractivity contribution is 0.0453. The first-order valence-corrected chi connectivity index (χ1v) is 13.8. The number of hydrogen-bond donors (Lipinski definition) is 0. The van der Waals surface area contributed by atoms with E-state index in [1.807, 2.05) is 19.1 Å². The Morgan fingerprint density at radius 3 is 1.65 bits per heavy atom. The van der Waals surface area contributed by atoms with Crippen molar-refractivity contribution in [3.63, 3.8) is 0 Å². The summed E-state index contributed by atoms with van der Waals surface area (Å²) in [5.74, 6) is -6.40. The van der Waals surface area contributed by atoms with E-state index in [0.29, 0.717) is 9.75 Å². The number of aryl methyl sites for hydroxylation is 2. The topological polar surface area (TPSA) is 0 Å². The Labute approximate surface area is 208 Å². The first-order chi connectivity index (χ1) is 16.1. The molecule has 4 aromatic heterocycles. The van der Waals surface area contributed by atoms with Gasteiger partial charge in [0.25, 0.3) is 0 Å². The van der Waals surface area contributed by atoms with E-state index in [1.165, 1.54) is 45.7 Å². The smallest absolute Gasteiger partial charge is 0.196 e. The van der Waals surface area contributed by atoms with E-state index in [9.17, 15) is 0 Å². The van der Waals surface area contributed by atoms with Crippen molar-refractivity contribution in [3.05, 3.63) is 80.5 Å². The number of rotatable bonds is 2. The third-order valence-corrected chi connectivity index (χ3v) is 11.1. The van der Waals surface area contributed by atoms with Crippen LogP contribution in [0.4, 0.5) is 17.6 Å². The molecule has 2 aliphatic carbocycles. The Bertz CT molecular complexity index is 1640. The van der Waals surface area contributed by atoms with E-state index in [-0.39, 0.29) is 33.4 Å². The Kier molecular flexibility index (Phi) is 4.14. The Morgan fingerprint density at radius 1 is 0.500 bits per heavy atom. The van der Waals surface area contributed by atoms with Crippen molar-refractivity contribution in [2.24, 2.45) is 0 Å². The molecule has 34 heavy (non-hydrogen) atoms. The van der Waals surface area contributed by atoms with Gasteiger partial charge >= 0.3 is 11.8 Å². The van der Waals surface area contributed by atoms with Gasteiger partial charge in [-0.3, -0.25) is 0 Å². The molecule has 0 aliphatic heterocycles. The molecule has 0 amide bonds. The number of fused-ring (bicyclic) bond motifs is 6. The predicted molar refractivity (Wildman–Crippen MR) is 135 cm³/mol. The van der Waals surface area contributed by atoms with Gasteiger partial charge in [-0.1, -0.05) is 0 Å². The number of alkyl halides is 4. The van der Waals surface area contributed by atoms with E-state index in [0.717, 1.165) is 24.4 Å². The average molecular weight is 531 g/mol. The standard InChI is InChI=1S/C26H14F4S4/c1-11-3-4-19(31-11)20-5-6-21(33-20)22-10-18-24(34-22)14-9-15-13(8-16(14)26(18,29)30)23-17(25(15,27)28)7-12(2)32-23/h3-10H,1-2H3. The minimum absolute atomic E-state index is 0.0704. The Balaban J connectivity index is 1.36. The normalized spacial score (nSPS) is 16.4. The van der Waals surface area contributed by atoms with Gasteiger partial charge in [0, 0.05) is 72.4 Å². The second kappa shape index (κ2) is 6.69. The fourth-order valence-corrected chi connectivity index (χ4v) is 9.19. The molecule has 0 bridgehead atoms. The lowest BCUT2D eigenvalue weighted by atomic mass is 9.99. The molecule has 8 heteroatoms. The van der Waals surface area contributed by atoms with E-state index in [4.69, 9.17) is 0 Å². The van der Waals surface area contributed by atoms with Gasteiger partial charge in [0.1, 0.15) is 0 Å². The van der Waals surface area contributed by atoms with Crippen LogP contribution in [-0.4, -0.2) is 0 Å². The highest BCUT2D eigenvalue weighted by Gasteiger charge is 2.51. The molecule has 4 heterocycles. The van der Waals surface area contributed by atoms with Crippen molar-refractivity contribution >= 4 is 45.3 Å². The summed E-state index contributed by atoms with van der Waals surface area (Å²) in [5, 5.41) is 0. The fraction of sp³-hybridized carbons (Fsp3) is 0.154. The molecule has 0 N–H and O–H groups in total. The lowest BCUT2D eigenvalue weighted by Crippen LogP contribution is -2.13. The van der Waals surface area contributed by atoms with Crippen molar-refractivity contribution in [1.82, 2.24) is 0 Å². The van der Waals surface area contributed by atoms with Crippen molar-refractivity contribution < 1.29 is 17.6 Å². The van der Waals surface area contributed by atoms with E-state index in [2.05, 4.69) is 12.1 Å². The summed E-state index contributed by atoms with van der Waals surface area (Å²) in [5.41, 5.74) is -0.0292. The van der Waals surface area contributed by atoms with Crippen LogP contribution < -0.4 is 0 Å². The van der Waals surface area contributed by atoms with Crippen LogP contribution in [0.5, 0.6) is 0 Å². The van der Waals surface area contributed by atoms with E-state index < -0.39 is 11.8 Å². The highest BCUT2D eigenvalue weighted by molar-refractivity contribution is 7.27. The number of thiophene rings is 4. The van der Waals surface area contributed by atoms with E-state index >= 15 is 17.6 Å². The van der Waals surface area contributed by atoms with Gasteiger partial charge in [-0.25, -0.2) is 0 Å². The third kappa shape index (κ3) is 2.68. The Hall–Kier alpha value is -2.26. The van der Waals surface area contributed by atoms with Crippen LogP contribution in [0.25, 0.3) is 40.4 Å². The van der Waals surface area contributed by atoms with Gasteiger partial charge in [-0.05, 0) is 62.4 Å². The molecule has 0 saturated carbocycles. The van der Waals surface area contributed by atoms with Crippen molar-refractivity contribution in [2.75, 3.05) is 0 Å². The summed E-state index contributed by atoms with van der Waals surface area (Å²) < 4.78 is 61.7. The van der Waals surface area contributed by atoms with Crippen molar-refractivity contribution in [2.45, 2.75) is 25.7 Å². The summed E-state index contributed by atoms with van der Waals surface area (Å²) in [6.45, 7) is 3.81. The summed E-state index contributed by atoms with van der Waals surface area (Å²) in [7, 11) is 0. The molecule has 0 unspecified atom stereocenters. The van der Waals surface area contributed by atoms with Crippen molar-refractivity contribution in [1.29, 1.82) is 0 Å². The average Bonchev–Trinajstić information content (AvgIpc) is 3.58. The monoisotopic (exact) mass is 530 g/mol. The second-order valence-corrected chi connectivity index (χ2v) is 13.3. The predicted octanol–water partition coefficient (Wildman–Crippen LogP) is 10.1. The van der Waals surface area contributed by atoms with Crippen LogP contribution >= 0.6 is 45.3 Å². The molecular formula is C26H14F4S4. The number of hydrogen-bond acceptors (Lipinski definition) is 4. The first-order valence-electron chi connectivity index (χ1n) is 10.5. The van der Waals surface area contributed by atoms with Gasteiger partial charge in [-0.2, -0.15) is 17.6 Å². The van der Waals surface area contributed by atoms with Crippen LogP contribution in [0, 0.1) is 13.8 Å². The molecular weight excluding hydrogens is 517 g/mol. The quantitative estimate of drug-likeness (QED) is 0.199. The molecule has 0 saturated heterocycles. The maximum absolute atomic E-state index is 15.6. The molecule has 170 valence electrons. The molecule has 0 atom stereocenters. The van der Waals surface area contributed by atoms with Crippen LogP contribution in [0.3, 0.4) is 0 Å². The zero-order chi connectivity index (χ0) is 23.6. The minimum Gasteiger partial charge on any atom is -0.196 e. The summed E-state index contributed by atoms with van der Waals surface area (Å²) >= 11 is 5.75. The molecule has 0 radical (unpaired) electrons. The summed E-state index contributed by atoms with van der Waals surface area (Å²) in [6.07, 6.45) is 0. The van der Waals surface area contributed by atoms with E-state index in [1.54, 1.807) is 35.7 Å². The largest absolute Gasteiger partial charge is 0.300 e. The molecule has 5 aromatic rings. The first kappa shape index (κ1) is 21.1. The zero-order valence-electron chi connectivity index (χ0n) is 17.8. The Morgan fingerprint density at radius 2 is 1.03 bits per heavy atom. The van der Waals surface area contributed by atoms with Gasteiger partial charge in [0.15, 0.2) is 0 Å². The van der Waals surface area contributed by atoms with Gasteiger partial charge in [0.2, 0.25) is 0 Å². The SMILES string of the molecule is Cc1ccc(-c2ccc(-c3cc4c(s3)-c3cc5c(cc3C4(F)F)-c3sc(C)cc3C5(F)F)s2)s1. The molecule has 0 nitrogen and oxygen atoms in total. The van der Waals surface area contributed by atoms with Crippen LogP contribution in [0.1, 0.15) is 32.0 Å². The number of benzene rings is 1. The summed E-state index contributed by atoms with van der Waals surface area (Å²) in [4.78, 5) is 6.64. The highest BCUT2D eigenvalue weighted by Crippen LogP contribution is 2.61. The zero-order valence-corrected chi connectivity index (χ0v) is 21.0. The van der Waals surface area contributed by atoms with Crippen LogP contribution in [0.15, 0.2) is 48.5 Å². The summed E-state index contributed by atoms with van der Waals surface area (Å²) in [6, 6.07) is 13.7. The number of halogens is 4. The van der Waals surface area contributed by atoms with Crippen molar-refractivity contribution in [3.8, 4) is 40.4 Å². The lowest BCUT2D eigenvalue weighted by Gasteiger charge is -2.15. The maximum atomic E-state index is 15.6. The van der Waals surface area contributed by atoms with Crippen LogP contribution in [0.2, 0.25) is 0 Å². The van der Waals surface area contributed by atoms with Gasteiger partial charge < -0.3 is 0 Å². The molecule has 0 spiro atoms. The third-order valence-electron chi connectivity index (χ3n) is 6.42. The molecule has 0 fully saturated rings. The molecule has 2 aliphatic rings.